The van der Waals surface area contributed by atoms with Gasteiger partial charge in [-0.1, -0.05) is 6.07 Å². The van der Waals surface area contributed by atoms with Crippen molar-refractivity contribution in [3.05, 3.63) is 30.0 Å². The van der Waals surface area contributed by atoms with Gasteiger partial charge in [0.2, 0.25) is 6.41 Å². The van der Waals surface area contributed by atoms with E-state index in [1.165, 1.54) is 0 Å². The fourth-order valence-electron chi connectivity index (χ4n) is 1.85. The monoisotopic (exact) mass is 218 g/mol. The molecule has 2 N–H and O–H groups in total. The van der Waals surface area contributed by atoms with Gasteiger partial charge in [-0.25, -0.2) is 0 Å². The molecular formula is C12H14N2O2. The fraction of sp³-hybridized carbons (Fsp3) is 0.250. The van der Waals surface area contributed by atoms with Crippen LogP contribution in [0.4, 0.5) is 0 Å². The fourth-order valence-corrected chi connectivity index (χ4v) is 1.85. The highest BCUT2D eigenvalue weighted by atomic mass is 16.5. The Morgan fingerprint density at radius 1 is 1.50 bits per heavy atom. The first kappa shape index (κ1) is 10.5. The van der Waals surface area contributed by atoms with E-state index in [0.29, 0.717) is 13.0 Å². The predicted octanol–water partition coefficient (Wildman–Crippen LogP) is 1.46. The number of carbonyl (C=O) groups is 1. The zero-order valence-corrected chi connectivity index (χ0v) is 9.12. The Balaban J connectivity index is 2.34. The first-order valence-electron chi connectivity index (χ1n) is 5.17. The van der Waals surface area contributed by atoms with Gasteiger partial charge in [-0.3, -0.25) is 4.79 Å². The number of amides is 1. The molecule has 0 aliphatic rings. The summed E-state index contributed by atoms with van der Waals surface area (Å²) in [5.41, 5.74) is 2.21. The summed E-state index contributed by atoms with van der Waals surface area (Å²) in [5, 5.41) is 3.75. The molecule has 0 atom stereocenters. The SMILES string of the molecule is COc1cccc2[nH]cc(CCNC=O)c12. The molecule has 2 rings (SSSR count). The summed E-state index contributed by atoms with van der Waals surface area (Å²) in [5.74, 6) is 0.861. The van der Waals surface area contributed by atoms with E-state index in [1.54, 1.807) is 7.11 Å². The molecule has 4 nitrogen and oxygen atoms in total. The van der Waals surface area contributed by atoms with Crippen molar-refractivity contribution in [1.29, 1.82) is 0 Å². The third-order valence-electron chi connectivity index (χ3n) is 2.59. The van der Waals surface area contributed by atoms with E-state index in [4.69, 9.17) is 4.74 Å². The molecule has 1 heterocycles. The molecule has 84 valence electrons. The maximum atomic E-state index is 10.2. The number of fused-ring (bicyclic) bond motifs is 1. The topological polar surface area (TPSA) is 54.1 Å². The summed E-state index contributed by atoms with van der Waals surface area (Å²) < 4.78 is 5.32. The lowest BCUT2D eigenvalue weighted by Gasteiger charge is -2.04. The minimum absolute atomic E-state index is 0.633. The van der Waals surface area contributed by atoms with E-state index in [9.17, 15) is 4.79 Å². The molecule has 0 unspecified atom stereocenters. The number of methoxy groups -OCH3 is 1. The van der Waals surface area contributed by atoms with Gasteiger partial charge in [0, 0.05) is 23.6 Å². The van der Waals surface area contributed by atoms with Crippen molar-refractivity contribution in [2.24, 2.45) is 0 Å². The van der Waals surface area contributed by atoms with Crippen LogP contribution >= 0.6 is 0 Å². The highest BCUT2D eigenvalue weighted by molar-refractivity contribution is 5.89. The molecular weight excluding hydrogens is 204 g/mol. The number of aromatic nitrogens is 1. The van der Waals surface area contributed by atoms with Crippen molar-refractivity contribution in [2.75, 3.05) is 13.7 Å². The number of hydrogen-bond donors (Lipinski definition) is 2. The second-order valence-corrected chi connectivity index (χ2v) is 3.52. The first-order valence-corrected chi connectivity index (χ1v) is 5.17. The number of nitrogens with one attached hydrogen (secondary N) is 2. The van der Waals surface area contributed by atoms with Gasteiger partial charge in [0.15, 0.2) is 0 Å². The highest BCUT2D eigenvalue weighted by Crippen LogP contribution is 2.28. The lowest BCUT2D eigenvalue weighted by molar-refractivity contribution is -0.109. The number of hydrogen-bond acceptors (Lipinski definition) is 2. The Morgan fingerprint density at radius 3 is 3.12 bits per heavy atom. The molecule has 4 heteroatoms. The van der Waals surface area contributed by atoms with Crippen molar-refractivity contribution in [2.45, 2.75) is 6.42 Å². The lowest BCUT2D eigenvalue weighted by Crippen LogP contribution is -2.14. The van der Waals surface area contributed by atoms with Crippen LogP contribution in [0.2, 0.25) is 0 Å². The smallest absolute Gasteiger partial charge is 0.207 e. The van der Waals surface area contributed by atoms with Crippen LogP contribution in [0.25, 0.3) is 10.9 Å². The molecule has 0 aliphatic carbocycles. The summed E-state index contributed by atoms with van der Waals surface area (Å²) in [6.45, 7) is 0.633. The molecule has 0 bridgehead atoms. The van der Waals surface area contributed by atoms with Gasteiger partial charge in [-0.05, 0) is 24.1 Å². The number of aromatic amines is 1. The van der Waals surface area contributed by atoms with Gasteiger partial charge in [-0.15, -0.1) is 0 Å². The van der Waals surface area contributed by atoms with E-state index in [0.717, 1.165) is 28.6 Å². The van der Waals surface area contributed by atoms with E-state index in [-0.39, 0.29) is 0 Å². The Morgan fingerprint density at radius 2 is 2.38 bits per heavy atom. The summed E-state index contributed by atoms with van der Waals surface area (Å²) >= 11 is 0. The molecule has 2 aromatic rings. The van der Waals surface area contributed by atoms with Crippen molar-refractivity contribution in [3.63, 3.8) is 0 Å². The molecule has 1 aromatic carbocycles. The minimum Gasteiger partial charge on any atom is -0.496 e. The van der Waals surface area contributed by atoms with Crippen LogP contribution in [-0.2, 0) is 11.2 Å². The quantitative estimate of drug-likeness (QED) is 0.589. The van der Waals surface area contributed by atoms with E-state index >= 15 is 0 Å². The van der Waals surface area contributed by atoms with Gasteiger partial charge in [-0.2, -0.15) is 0 Å². The maximum Gasteiger partial charge on any atom is 0.207 e. The Hall–Kier alpha value is -1.97. The van der Waals surface area contributed by atoms with Gasteiger partial charge < -0.3 is 15.0 Å². The van der Waals surface area contributed by atoms with E-state index in [2.05, 4.69) is 10.3 Å². The zero-order valence-electron chi connectivity index (χ0n) is 9.12. The summed E-state index contributed by atoms with van der Waals surface area (Å²) in [6, 6.07) is 5.90. The molecule has 0 aliphatic heterocycles. The second kappa shape index (κ2) is 4.70. The van der Waals surface area contributed by atoms with Crippen LogP contribution < -0.4 is 10.1 Å². The van der Waals surface area contributed by atoms with Crippen LogP contribution in [0.3, 0.4) is 0 Å². The van der Waals surface area contributed by atoms with Crippen molar-refractivity contribution >= 4 is 17.3 Å². The Bertz CT molecular complexity index is 491. The molecule has 0 spiro atoms. The third-order valence-corrected chi connectivity index (χ3v) is 2.59. The van der Waals surface area contributed by atoms with Crippen LogP contribution in [0.1, 0.15) is 5.56 Å². The summed E-state index contributed by atoms with van der Waals surface area (Å²) in [7, 11) is 1.66. The Kier molecular flexibility index (Phi) is 3.10. The normalized spacial score (nSPS) is 10.3. The van der Waals surface area contributed by atoms with E-state index in [1.807, 2.05) is 24.4 Å². The number of H-pyrrole nitrogens is 1. The zero-order chi connectivity index (χ0) is 11.4. The number of rotatable bonds is 5. The Labute approximate surface area is 93.6 Å². The van der Waals surface area contributed by atoms with Crippen molar-refractivity contribution < 1.29 is 9.53 Å². The summed E-state index contributed by atoms with van der Waals surface area (Å²) in [6.07, 6.45) is 3.46. The van der Waals surface area contributed by atoms with Crippen molar-refractivity contribution in [1.82, 2.24) is 10.3 Å². The number of ether oxygens (including phenoxy) is 1. The predicted molar refractivity (Wildman–Crippen MR) is 62.6 cm³/mol. The van der Waals surface area contributed by atoms with Gasteiger partial charge >= 0.3 is 0 Å². The van der Waals surface area contributed by atoms with Gasteiger partial charge in [0.25, 0.3) is 0 Å². The van der Waals surface area contributed by atoms with Crippen LogP contribution in [0.15, 0.2) is 24.4 Å². The average Bonchev–Trinajstić information content (AvgIpc) is 2.73. The molecule has 0 saturated carbocycles. The maximum absolute atomic E-state index is 10.2. The first-order chi connectivity index (χ1) is 7.86. The van der Waals surface area contributed by atoms with Crippen LogP contribution in [0.5, 0.6) is 5.75 Å². The van der Waals surface area contributed by atoms with Gasteiger partial charge in [0.1, 0.15) is 5.75 Å². The van der Waals surface area contributed by atoms with Crippen LogP contribution in [0, 0.1) is 0 Å². The molecule has 1 aromatic heterocycles. The second-order valence-electron chi connectivity index (χ2n) is 3.52. The largest absolute Gasteiger partial charge is 0.496 e. The minimum atomic E-state index is 0.633. The number of carbonyl (C=O) groups excluding carboxylic acids is 1. The van der Waals surface area contributed by atoms with Crippen LogP contribution in [-0.4, -0.2) is 25.0 Å². The molecule has 0 fully saturated rings. The molecule has 16 heavy (non-hydrogen) atoms. The highest BCUT2D eigenvalue weighted by Gasteiger charge is 2.08. The third kappa shape index (κ3) is 1.86. The standard InChI is InChI=1S/C12H14N2O2/c1-16-11-4-2-3-10-12(11)9(7-14-10)5-6-13-8-15/h2-4,7-8,14H,5-6H2,1H3,(H,13,15). The molecule has 0 radical (unpaired) electrons. The molecule has 0 saturated heterocycles. The lowest BCUT2D eigenvalue weighted by atomic mass is 10.1. The van der Waals surface area contributed by atoms with Crippen molar-refractivity contribution in [3.8, 4) is 5.75 Å². The summed E-state index contributed by atoms with van der Waals surface area (Å²) in [4.78, 5) is 13.4. The number of benzene rings is 1. The average molecular weight is 218 g/mol. The molecule has 1 amide bonds. The van der Waals surface area contributed by atoms with E-state index < -0.39 is 0 Å². The van der Waals surface area contributed by atoms with Gasteiger partial charge in [0.05, 0.1) is 7.11 Å².